The lowest BCUT2D eigenvalue weighted by Crippen LogP contribution is -1.89. The number of aryl methyl sites for hydroxylation is 1. The summed E-state index contributed by atoms with van der Waals surface area (Å²) in [5.41, 5.74) is 9.62. The summed E-state index contributed by atoms with van der Waals surface area (Å²) >= 11 is 5.15. The second-order valence-corrected chi connectivity index (χ2v) is 6.01. The number of aromatic amines is 1. The van der Waals surface area contributed by atoms with E-state index in [2.05, 4.69) is 31.1 Å². The molecule has 0 spiro atoms. The van der Waals surface area contributed by atoms with Crippen molar-refractivity contribution in [2.45, 2.75) is 6.92 Å². The molecule has 0 saturated carbocycles. The topological polar surface area (TPSA) is 67.6 Å². The number of anilines is 1. The molecule has 3 N–H and O–H groups in total. The minimum Gasteiger partial charge on any atom is -0.382 e. The Bertz CT molecular complexity index is 732. The van der Waals surface area contributed by atoms with Crippen LogP contribution in [0.3, 0.4) is 0 Å². The molecule has 2 aromatic heterocycles. The Kier molecular flexibility index (Phi) is 3.12. The number of nitrogens with zero attached hydrogens (tertiary/aromatic N) is 2. The lowest BCUT2D eigenvalue weighted by atomic mass is 10.0. The van der Waals surface area contributed by atoms with Crippen LogP contribution < -0.4 is 5.73 Å². The molecule has 0 aliphatic heterocycles. The molecule has 0 unspecified atom stereocenters. The maximum absolute atomic E-state index is 6.00. The first-order valence-corrected chi connectivity index (χ1v) is 7.35. The van der Waals surface area contributed by atoms with E-state index in [0.717, 1.165) is 32.0 Å². The summed E-state index contributed by atoms with van der Waals surface area (Å²) in [6.45, 7) is 1.98. The second-order valence-electron chi connectivity index (χ2n) is 4.09. The lowest BCUT2D eigenvalue weighted by Gasteiger charge is -2.05. The highest BCUT2D eigenvalue weighted by Gasteiger charge is 2.18. The molecule has 0 bridgehead atoms. The fraction of sp³-hybridized carbons (Fsp3) is 0.0769. The summed E-state index contributed by atoms with van der Waals surface area (Å²) in [7, 11) is 0. The first kappa shape index (κ1) is 12.4. The molecule has 0 amide bonds. The van der Waals surface area contributed by atoms with Gasteiger partial charge in [-0.15, -0.1) is 11.3 Å². The molecule has 0 saturated heterocycles. The third kappa shape index (κ3) is 2.17. The van der Waals surface area contributed by atoms with Crippen molar-refractivity contribution in [3.05, 3.63) is 39.1 Å². The molecular formula is C13H11BrN4S. The number of H-pyrrole nitrogens is 1. The van der Waals surface area contributed by atoms with Crippen molar-refractivity contribution in [3.63, 3.8) is 0 Å². The van der Waals surface area contributed by atoms with Gasteiger partial charge in [0.15, 0.2) is 5.82 Å². The van der Waals surface area contributed by atoms with E-state index in [9.17, 15) is 0 Å². The van der Waals surface area contributed by atoms with Gasteiger partial charge in [0.2, 0.25) is 0 Å². The van der Waals surface area contributed by atoms with Crippen LogP contribution >= 0.6 is 27.3 Å². The number of rotatable bonds is 2. The van der Waals surface area contributed by atoms with E-state index in [1.165, 1.54) is 0 Å². The molecule has 4 nitrogen and oxygen atoms in total. The number of hydrogen-bond acceptors (Lipinski definition) is 4. The first-order valence-electron chi connectivity index (χ1n) is 5.68. The average molecular weight is 335 g/mol. The Balaban J connectivity index is 2.22. The van der Waals surface area contributed by atoms with Crippen LogP contribution in [0.1, 0.15) is 5.01 Å². The lowest BCUT2D eigenvalue weighted by molar-refractivity contribution is 1.09. The van der Waals surface area contributed by atoms with Crippen molar-refractivity contribution in [1.29, 1.82) is 0 Å². The quantitative estimate of drug-likeness (QED) is 0.747. The number of hydrogen-bond donors (Lipinski definition) is 2. The number of aromatic nitrogens is 3. The summed E-state index contributed by atoms with van der Waals surface area (Å²) in [5, 5.41) is 10.1. The molecule has 3 rings (SSSR count). The monoisotopic (exact) mass is 334 g/mol. The van der Waals surface area contributed by atoms with Crippen molar-refractivity contribution >= 4 is 33.1 Å². The van der Waals surface area contributed by atoms with E-state index in [4.69, 9.17) is 5.73 Å². The molecule has 1 aromatic carbocycles. The van der Waals surface area contributed by atoms with Gasteiger partial charge in [-0.2, -0.15) is 5.10 Å². The molecule has 0 aliphatic carbocycles. The highest BCUT2D eigenvalue weighted by molar-refractivity contribution is 9.10. The highest BCUT2D eigenvalue weighted by Crippen LogP contribution is 2.38. The van der Waals surface area contributed by atoms with Gasteiger partial charge in [-0.25, -0.2) is 4.98 Å². The van der Waals surface area contributed by atoms with Gasteiger partial charge >= 0.3 is 0 Å². The third-order valence-electron chi connectivity index (χ3n) is 2.81. The highest BCUT2D eigenvalue weighted by atomic mass is 79.9. The van der Waals surface area contributed by atoms with Gasteiger partial charge in [0, 0.05) is 15.4 Å². The van der Waals surface area contributed by atoms with Crippen LogP contribution in [0.5, 0.6) is 0 Å². The summed E-state index contributed by atoms with van der Waals surface area (Å²) < 4.78 is 0.983. The fourth-order valence-electron chi connectivity index (χ4n) is 1.96. The normalized spacial score (nSPS) is 10.8. The molecular weight excluding hydrogens is 324 g/mol. The minimum atomic E-state index is 0.479. The maximum atomic E-state index is 6.00. The van der Waals surface area contributed by atoms with E-state index in [1.807, 2.05) is 36.6 Å². The molecule has 3 aromatic rings. The molecule has 0 atom stereocenters. The number of nitrogens with one attached hydrogen (secondary N) is 1. The summed E-state index contributed by atoms with van der Waals surface area (Å²) in [4.78, 5) is 4.49. The van der Waals surface area contributed by atoms with E-state index in [-0.39, 0.29) is 0 Å². The van der Waals surface area contributed by atoms with Crippen molar-refractivity contribution in [1.82, 2.24) is 15.2 Å². The molecule has 19 heavy (non-hydrogen) atoms. The van der Waals surface area contributed by atoms with Crippen LogP contribution in [0.4, 0.5) is 5.82 Å². The Morgan fingerprint density at radius 3 is 2.79 bits per heavy atom. The Labute approximate surface area is 122 Å². The molecule has 0 aliphatic rings. The van der Waals surface area contributed by atoms with Crippen molar-refractivity contribution in [2.24, 2.45) is 0 Å². The predicted octanol–water partition coefficient (Wildman–Crippen LogP) is 3.85. The van der Waals surface area contributed by atoms with E-state index in [0.29, 0.717) is 5.82 Å². The van der Waals surface area contributed by atoms with E-state index in [1.54, 1.807) is 11.3 Å². The van der Waals surface area contributed by atoms with Crippen molar-refractivity contribution in [3.8, 4) is 22.5 Å². The summed E-state index contributed by atoms with van der Waals surface area (Å²) in [5.74, 6) is 0.479. The Morgan fingerprint density at radius 2 is 2.11 bits per heavy atom. The number of thiazole rings is 1. The zero-order valence-electron chi connectivity index (χ0n) is 10.1. The van der Waals surface area contributed by atoms with E-state index >= 15 is 0 Å². The minimum absolute atomic E-state index is 0.479. The zero-order chi connectivity index (χ0) is 13.4. The molecule has 0 fully saturated rings. The zero-order valence-corrected chi connectivity index (χ0v) is 12.5. The molecule has 6 heteroatoms. The van der Waals surface area contributed by atoms with Crippen molar-refractivity contribution in [2.75, 3.05) is 5.73 Å². The Morgan fingerprint density at radius 1 is 1.32 bits per heavy atom. The van der Waals surface area contributed by atoms with Gasteiger partial charge in [-0.3, -0.25) is 5.10 Å². The number of benzene rings is 1. The van der Waals surface area contributed by atoms with Crippen molar-refractivity contribution < 1.29 is 0 Å². The average Bonchev–Trinajstić information content (AvgIpc) is 2.96. The number of halogens is 1. The van der Waals surface area contributed by atoms with Gasteiger partial charge in [0.1, 0.15) is 0 Å². The SMILES string of the molecule is Cc1nc(-c2[nH]nc(N)c2-c2ccccc2Br)cs1. The largest absolute Gasteiger partial charge is 0.382 e. The van der Waals surface area contributed by atoms with Gasteiger partial charge in [-0.1, -0.05) is 34.1 Å². The second kappa shape index (κ2) is 4.79. The van der Waals surface area contributed by atoms with Gasteiger partial charge in [0.05, 0.1) is 22.0 Å². The van der Waals surface area contributed by atoms with Gasteiger partial charge in [-0.05, 0) is 13.0 Å². The number of nitrogens with two attached hydrogens (primary N) is 1. The van der Waals surface area contributed by atoms with Crippen LogP contribution in [0.2, 0.25) is 0 Å². The Hall–Kier alpha value is -1.66. The first-order chi connectivity index (χ1) is 9.16. The third-order valence-corrected chi connectivity index (χ3v) is 4.28. The smallest absolute Gasteiger partial charge is 0.153 e. The maximum Gasteiger partial charge on any atom is 0.153 e. The fourth-order valence-corrected chi connectivity index (χ4v) is 3.04. The van der Waals surface area contributed by atoms with Gasteiger partial charge in [0.25, 0.3) is 0 Å². The van der Waals surface area contributed by atoms with Crippen LogP contribution in [0.15, 0.2) is 34.1 Å². The van der Waals surface area contributed by atoms with Gasteiger partial charge < -0.3 is 5.73 Å². The molecule has 0 radical (unpaired) electrons. The van der Waals surface area contributed by atoms with Crippen LogP contribution in [-0.2, 0) is 0 Å². The van der Waals surface area contributed by atoms with Crippen LogP contribution in [-0.4, -0.2) is 15.2 Å². The van der Waals surface area contributed by atoms with Crippen LogP contribution in [0.25, 0.3) is 22.5 Å². The predicted molar refractivity (Wildman–Crippen MR) is 82.0 cm³/mol. The summed E-state index contributed by atoms with van der Waals surface area (Å²) in [6, 6.07) is 7.94. The van der Waals surface area contributed by atoms with Crippen LogP contribution in [0, 0.1) is 6.92 Å². The van der Waals surface area contributed by atoms with E-state index < -0.39 is 0 Å². The number of nitrogen functional groups attached to an aromatic ring is 1. The molecule has 96 valence electrons. The summed E-state index contributed by atoms with van der Waals surface area (Å²) in [6.07, 6.45) is 0. The molecule has 2 heterocycles. The standard InChI is InChI=1S/C13H11BrN4S/c1-7-16-10(6-19-7)12-11(13(15)18-17-12)8-4-2-3-5-9(8)14/h2-6H,1H3,(H3,15,17,18).